The number of sulfonamides is 1. The summed E-state index contributed by atoms with van der Waals surface area (Å²) >= 11 is 0. The average molecular weight is 649 g/mol. The Balaban J connectivity index is 1.91. The van der Waals surface area contributed by atoms with Crippen LogP contribution in [-0.2, 0) is 16.4 Å². The van der Waals surface area contributed by atoms with Gasteiger partial charge >= 0.3 is 0 Å². The molecule has 46 heavy (non-hydrogen) atoms. The molecule has 0 bridgehead atoms. The van der Waals surface area contributed by atoms with Gasteiger partial charge in [0.05, 0.1) is 17.0 Å². The molecule has 2 amide bonds. The number of hydrazine groups is 1. The summed E-state index contributed by atoms with van der Waals surface area (Å²) in [5, 5.41) is 25.5. The van der Waals surface area contributed by atoms with Gasteiger partial charge in [-0.05, 0) is 74.2 Å². The zero-order chi connectivity index (χ0) is 33.7. The number of amides is 2. The van der Waals surface area contributed by atoms with Crippen LogP contribution in [0.2, 0.25) is 0 Å². The molecule has 246 valence electrons. The largest absolute Gasteiger partial charge is 0.508 e. The lowest BCUT2D eigenvalue weighted by Crippen LogP contribution is -2.53. The molecular weight excluding hydrogens is 604 g/mol. The molecule has 2 atom stereocenters. The van der Waals surface area contributed by atoms with Crippen molar-refractivity contribution in [3.63, 3.8) is 0 Å². The number of nitrogens with one attached hydrogen (secondary N) is 2. The summed E-state index contributed by atoms with van der Waals surface area (Å²) in [5.74, 6) is 5.12. The zero-order valence-corrected chi connectivity index (χ0v) is 27.7. The number of nitrogens with zero attached hydrogens (tertiary/aromatic N) is 2. The standard InChI is InChI=1S/C35H44N4O6S/c1-5-12-27-21-28(24-29(22-27)35(43)38(19-6-2)20-7-3)34(42)36-32(23-26-15-17-30(40)18-16-26)33(41)25-39(8-4)37-46(44,45)31-13-10-9-11-14-31/h9-11,13-18,21-22,24,32-33,37,40-41H,6-8,19-20,23,25H2,1-4H3,(H,36,42). The van der Waals surface area contributed by atoms with Crippen LogP contribution in [0.4, 0.5) is 0 Å². The van der Waals surface area contributed by atoms with Gasteiger partial charge in [-0.1, -0.05) is 57.0 Å². The van der Waals surface area contributed by atoms with Crippen LogP contribution in [0.1, 0.15) is 72.4 Å². The van der Waals surface area contributed by atoms with Crippen molar-refractivity contribution in [3.8, 4) is 17.6 Å². The van der Waals surface area contributed by atoms with Gasteiger partial charge in [-0.2, -0.15) is 0 Å². The van der Waals surface area contributed by atoms with Crippen LogP contribution in [0.25, 0.3) is 0 Å². The lowest BCUT2D eigenvalue weighted by Gasteiger charge is -2.30. The lowest BCUT2D eigenvalue weighted by molar-refractivity contribution is 0.0635. The molecule has 0 aliphatic heterocycles. The highest BCUT2D eigenvalue weighted by atomic mass is 32.2. The average Bonchev–Trinajstić information content (AvgIpc) is 3.04. The first-order chi connectivity index (χ1) is 22.0. The van der Waals surface area contributed by atoms with Gasteiger partial charge in [0.25, 0.3) is 21.8 Å². The van der Waals surface area contributed by atoms with Crippen LogP contribution in [0.5, 0.6) is 5.75 Å². The Morgan fingerprint density at radius 3 is 2.13 bits per heavy atom. The van der Waals surface area contributed by atoms with Crippen molar-refractivity contribution in [2.24, 2.45) is 0 Å². The van der Waals surface area contributed by atoms with Crippen LogP contribution in [-0.4, -0.2) is 78.7 Å². The Morgan fingerprint density at radius 1 is 0.913 bits per heavy atom. The van der Waals surface area contributed by atoms with Crippen LogP contribution in [0.15, 0.2) is 77.7 Å². The van der Waals surface area contributed by atoms with Crippen molar-refractivity contribution in [1.29, 1.82) is 0 Å². The topological polar surface area (TPSA) is 139 Å². The molecule has 0 saturated heterocycles. The Labute approximate surface area is 272 Å². The second-order valence-electron chi connectivity index (χ2n) is 10.9. The fourth-order valence-electron chi connectivity index (χ4n) is 4.96. The highest BCUT2D eigenvalue weighted by molar-refractivity contribution is 7.89. The van der Waals surface area contributed by atoms with E-state index in [0.717, 1.165) is 18.4 Å². The smallest absolute Gasteiger partial charge is 0.253 e. The molecular formula is C35H44N4O6S. The Bertz CT molecular complexity index is 1610. The Kier molecular flexibility index (Phi) is 13.8. The van der Waals surface area contributed by atoms with Gasteiger partial charge in [0.2, 0.25) is 0 Å². The van der Waals surface area contributed by atoms with Crippen LogP contribution in [0, 0.1) is 11.8 Å². The van der Waals surface area contributed by atoms with Crippen molar-refractivity contribution in [2.75, 3.05) is 26.2 Å². The fourth-order valence-corrected chi connectivity index (χ4v) is 6.13. The van der Waals surface area contributed by atoms with Crippen molar-refractivity contribution < 1.29 is 28.2 Å². The number of aliphatic hydroxyl groups excluding tert-OH is 1. The van der Waals surface area contributed by atoms with E-state index >= 15 is 0 Å². The predicted molar refractivity (Wildman–Crippen MR) is 179 cm³/mol. The molecule has 0 aromatic heterocycles. The number of rotatable bonds is 16. The van der Waals surface area contributed by atoms with Crippen LogP contribution in [0.3, 0.4) is 0 Å². The Morgan fingerprint density at radius 2 is 1.54 bits per heavy atom. The second-order valence-corrected chi connectivity index (χ2v) is 12.6. The van der Waals surface area contributed by atoms with Crippen molar-refractivity contribution in [3.05, 3.63) is 95.1 Å². The number of benzene rings is 3. The van der Waals surface area contributed by atoms with Gasteiger partial charge in [-0.3, -0.25) is 9.59 Å². The summed E-state index contributed by atoms with van der Waals surface area (Å²) in [6.45, 7) is 8.68. The van der Waals surface area contributed by atoms with Crippen LogP contribution < -0.4 is 10.1 Å². The number of aromatic hydroxyl groups is 1. The number of carbonyl (C=O) groups is 2. The lowest BCUT2D eigenvalue weighted by atomic mass is 9.99. The predicted octanol–water partition coefficient (Wildman–Crippen LogP) is 3.94. The molecule has 0 spiro atoms. The summed E-state index contributed by atoms with van der Waals surface area (Å²) in [5.41, 5.74) is 1.79. The van der Waals surface area contributed by atoms with E-state index in [4.69, 9.17) is 0 Å². The first-order valence-electron chi connectivity index (χ1n) is 15.5. The molecule has 0 radical (unpaired) electrons. The molecule has 3 aromatic rings. The third kappa shape index (κ3) is 10.4. The van der Waals surface area contributed by atoms with Crippen LogP contribution >= 0.6 is 0 Å². The van der Waals surface area contributed by atoms with E-state index < -0.39 is 28.1 Å². The van der Waals surface area contributed by atoms with E-state index in [0.29, 0.717) is 24.2 Å². The SMILES string of the molecule is CC#Cc1cc(C(=O)NC(Cc2ccc(O)cc2)C(O)CN(CC)NS(=O)(=O)c2ccccc2)cc(C(=O)N(CCC)CCC)c1. The maximum absolute atomic E-state index is 13.8. The summed E-state index contributed by atoms with van der Waals surface area (Å²) < 4.78 is 25.9. The monoisotopic (exact) mass is 648 g/mol. The minimum Gasteiger partial charge on any atom is -0.508 e. The molecule has 0 saturated carbocycles. The number of hydrogen-bond acceptors (Lipinski definition) is 7. The second kappa shape index (κ2) is 17.5. The molecule has 0 fully saturated rings. The normalized spacial score (nSPS) is 12.6. The van der Waals surface area contributed by atoms with Gasteiger partial charge < -0.3 is 20.4 Å². The zero-order valence-electron chi connectivity index (χ0n) is 26.9. The van der Waals surface area contributed by atoms with E-state index in [1.54, 1.807) is 61.2 Å². The van der Waals surface area contributed by atoms with Crippen molar-refractivity contribution in [1.82, 2.24) is 20.1 Å². The highest BCUT2D eigenvalue weighted by Crippen LogP contribution is 2.17. The van der Waals surface area contributed by atoms with E-state index in [-0.39, 0.29) is 41.6 Å². The maximum atomic E-state index is 13.8. The molecule has 10 nitrogen and oxygen atoms in total. The molecule has 0 aliphatic rings. The maximum Gasteiger partial charge on any atom is 0.253 e. The Hall–Kier alpha value is -4.21. The van der Waals surface area contributed by atoms with Gasteiger partial charge in [0, 0.05) is 42.9 Å². The number of aliphatic hydroxyl groups is 1. The highest BCUT2D eigenvalue weighted by Gasteiger charge is 2.27. The number of likely N-dealkylation sites (N-methyl/N-ethyl adjacent to an activating group) is 1. The minimum absolute atomic E-state index is 0.0728. The summed E-state index contributed by atoms with van der Waals surface area (Å²) in [6.07, 6.45) is 0.541. The number of phenols is 1. The van der Waals surface area contributed by atoms with Gasteiger partial charge in [0.15, 0.2) is 0 Å². The van der Waals surface area contributed by atoms with Gasteiger partial charge in [0.1, 0.15) is 5.75 Å². The van der Waals surface area contributed by atoms with E-state index in [1.165, 1.54) is 35.3 Å². The summed E-state index contributed by atoms with van der Waals surface area (Å²) in [6, 6.07) is 18.2. The first kappa shape index (κ1) is 36.3. The first-order valence-corrected chi connectivity index (χ1v) is 17.0. The quantitative estimate of drug-likeness (QED) is 0.136. The summed E-state index contributed by atoms with van der Waals surface area (Å²) in [4.78, 5) is 31.6. The van der Waals surface area contributed by atoms with E-state index in [2.05, 4.69) is 22.0 Å². The number of phenolic OH excluding ortho intramolecular Hbond substituents is 1. The minimum atomic E-state index is -3.91. The van der Waals surface area contributed by atoms with Gasteiger partial charge in [-0.15, -0.1) is 10.8 Å². The van der Waals surface area contributed by atoms with Crippen molar-refractivity contribution >= 4 is 21.8 Å². The molecule has 3 aromatic carbocycles. The van der Waals surface area contributed by atoms with Gasteiger partial charge in [-0.25, -0.2) is 13.4 Å². The summed E-state index contributed by atoms with van der Waals surface area (Å²) in [7, 11) is -3.91. The molecule has 11 heteroatoms. The fraction of sp³-hybridized carbons (Fsp3) is 0.371. The third-order valence-corrected chi connectivity index (χ3v) is 8.64. The molecule has 4 N–H and O–H groups in total. The van der Waals surface area contributed by atoms with E-state index in [9.17, 15) is 28.2 Å². The third-order valence-electron chi connectivity index (χ3n) is 7.25. The molecule has 3 rings (SSSR count). The van der Waals surface area contributed by atoms with Crippen molar-refractivity contribution in [2.45, 2.75) is 64.0 Å². The number of carbonyl (C=O) groups excluding carboxylic acids is 2. The molecule has 2 unspecified atom stereocenters. The van der Waals surface area contributed by atoms with E-state index in [1.807, 2.05) is 13.8 Å². The molecule has 0 heterocycles. The molecule has 0 aliphatic carbocycles. The number of hydrogen-bond donors (Lipinski definition) is 4.